The van der Waals surface area contributed by atoms with E-state index in [2.05, 4.69) is 159 Å². The highest BCUT2D eigenvalue weighted by molar-refractivity contribution is 6.07. The zero-order valence-corrected chi connectivity index (χ0v) is 25.3. The molecule has 1 unspecified atom stereocenters. The van der Waals surface area contributed by atoms with Crippen LogP contribution in [0.5, 0.6) is 11.5 Å². The predicted molar refractivity (Wildman–Crippen MR) is 184 cm³/mol. The van der Waals surface area contributed by atoms with E-state index in [-0.39, 0.29) is 10.8 Å². The highest BCUT2D eigenvalue weighted by atomic mass is 16.5. The Hall–Kier alpha value is -5.40. The Morgan fingerprint density at radius 2 is 0.933 bits per heavy atom. The quantitative estimate of drug-likeness (QED) is 0.189. The molecule has 0 bridgehead atoms. The van der Waals surface area contributed by atoms with Gasteiger partial charge in [-0.15, -0.1) is 0 Å². The molecule has 1 spiro atoms. The van der Waals surface area contributed by atoms with Crippen LogP contribution in [0.3, 0.4) is 0 Å². The van der Waals surface area contributed by atoms with E-state index in [9.17, 15) is 0 Å². The molecule has 0 radical (unpaired) electrons. The van der Waals surface area contributed by atoms with Crippen LogP contribution in [0.15, 0.2) is 146 Å². The summed E-state index contributed by atoms with van der Waals surface area (Å²) in [6.07, 6.45) is 0. The number of hydrogen-bond acceptors (Lipinski definition) is 1. The van der Waals surface area contributed by atoms with E-state index in [1.54, 1.807) is 0 Å². The van der Waals surface area contributed by atoms with Crippen LogP contribution >= 0.6 is 0 Å². The molecule has 7 aromatic rings. The lowest BCUT2D eigenvalue weighted by Crippen LogP contribution is -2.31. The van der Waals surface area contributed by atoms with Crippen LogP contribution in [-0.4, -0.2) is 0 Å². The maximum Gasteiger partial charge on any atom is 0.132 e. The van der Waals surface area contributed by atoms with E-state index in [4.69, 9.17) is 4.74 Å². The third-order valence-corrected chi connectivity index (χ3v) is 10.7. The highest BCUT2D eigenvalue weighted by Crippen LogP contribution is 2.62. The smallest absolute Gasteiger partial charge is 0.132 e. The average molecular weight is 575 g/mol. The number of benzene rings is 7. The van der Waals surface area contributed by atoms with Gasteiger partial charge in [-0.1, -0.05) is 141 Å². The van der Waals surface area contributed by atoms with E-state index < -0.39 is 0 Å². The van der Waals surface area contributed by atoms with Gasteiger partial charge in [-0.3, -0.25) is 0 Å². The van der Waals surface area contributed by atoms with Crippen molar-refractivity contribution in [3.63, 3.8) is 0 Å². The van der Waals surface area contributed by atoms with Gasteiger partial charge in [0, 0.05) is 16.5 Å². The summed E-state index contributed by atoms with van der Waals surface area (Å²) in [5, 5.41) is 2.65. The summed E-state index contributed by atoms with van der Waals surface area (Å²) in [6, 6.07) is 54.0. The van der Waals surface area contributed by atoms with Crippen LogP contribution in [0.4, 0.5) is 0 Å². The van der Waals surface area contributed by atoms with Gasteiger partial charge in [0.2, 0.25) is 0 Å². The van der Waals surface area contributed by atoms with Gasteiger partial charge in [0.15, 0.2) is 0 Å². The minimum absolute atomic E-state index is 0.127. The van der Waals surface area contributed by atoms with Crippen LogP contribution in [0.1, 0.15) is 47.2 Å². The topological polar surface area (TPSA) is 9.23 Å². The predicted octanol–water partition coefficient (Wildman–Crippen LogP) is 11.3. The van der Waals surface area contributed by atoms with E-state index in [0.717, 1.165) is 11.5 Å². The van der Waals surface area contributed by atoms with Gasteiger partial charge in [-0.2, -0.15) is 0 Å². The number of hydrogen-bond donors (Lipinski definition) is 0. The summed E-state index contributed by atoms with van der Waals surface area (Å²) < 4.78 is 6.52. The Bertz CT molecular complexity index is 2390. The van der Waals surface area contributed by atoms with Gasteiger partial charge in [0.1, 0.15) is 11.5 Å². The molecule has 1 aliphatic heterocycles. The Labute approximate surface area is 263 Å². The summed E-state index contributed by atoms with van der Waals surface area (Å²) in [4.78, 5) is 0. The summed E-state index contributed by atoms with van der Waals surface area (Å²) in [7, 11) is 0. The van der Waals surface area contributed by atoms with Crippen molar-refractivity contribution in [3.05, 3.63) is 179 Å². The number of ether oxygens (including phenoxy) is 1. The fourth-order valence-electron chi connectivity index (χ4n) is 8.75. The van der Waals surface area contributed by atoms with Gasteiger partial charge in [0.05, 0.1) is 5.41 Å². The maximum absolute atomic E-state index is 6.52. The summed E-state index contributed by atoms with van der Waals surface area (Å²) in [6.45, 7) is 4.58. The molecule has 0 aromatic heterocycles. The third-order valence-electron chi connectivity index (χ3n) is 10.7. The zero-order chi connectivity index (χ0) is 29.9. The molecule has 45 heavy (non-hydrogen) atoms. The van der Waals surface area contributed by atoms with Crippen molar-refractivity contribution in [3.8, 4) is 44.9 Å². The molecule has 1 heteroatoms. The first-order valence-corrected chi connectivity index (χ1v) is 15.9. The lowest BCUT2D eigenvalue weighted by atomic mass is 9.61. The van der Waals surface area contributed by atoms with E-state index in [0.29, 0.717) is 0 Å². The van der Waals surface area contributed by atoms with Crippen LogP contribution < -0.4 is 4.74 Å². The Balaban J connectivity index is 1.22. The third kappa shape index (κ3) is 3.08. The van der Waals surface area contributed by atoms with Crippen molar-refractivity contribution < 1.29 is 4.74 Å². The molecule has 0 saturated heterocycles. The molecule has 0 saturated carbocycles. The molecule has 0 N–H and O–H groups in total. The first-order chi connectivity index (χ1) is 22.1. The van der Waals surface area contributed by atoms with E-state index in [1.165, 1.54) is 77.5 Å². The van der Waals surface area contributed by atoms with Gasteiger partial charge in [-0.05, 0) is 84.6 Å². The molecule has 212 valence electrons. The van der Waals surface area contributed by atoms with Crippen LogP contribution in [0.2, 0.25) is 0 Å². The largest absolute Gasteiger partial charge is 0.457 e. The van der Waals surface area contributed by atoms with E-state index >= 15 is 0 Å². The molecule has 7 aromatic carbocycles. The second-order valence-corrected chi connectivity index (χ2v) is 13.2. The molecule has 2 aliphatic carbocycles. The van der Waals surface area contributed by atoms with Crippen molar-refractivity contribution in [1.82, 2.24) is 0 Å². The van der Waals surface area contributed by atoms with Gasteiger partial charge in [-0.25, -0.2) is 0 Å². The minimum Gasteiger partial charge on any atom is -0.457 e. The Morgan fingerprint density at radius 1 is 0.400 bits per heavy atom. The molecule has 3 aliphatic rings. The molecular weight excluding hydrogens is 544 g/mol. The van der Waals surface area contributed by atoms with Crippen molar-refractivity contribution in [2.75, 3.05) is 0 Å². The SMILES string of the molecule is CC1(C)c2ccccc2Oc2cc(-c3ccc4c(c3)-c3ccccc3C43c4ccccc4-c4cccc5cccc3c45)ccc21. The fourth-order valence-corrected chi connectivity index (χ4v) is 8.75. The fraction of sp³-hybridized carbons (Fsp3) is 0.0909. The van der Waals surface area contributed by atoms with Crippen LogP contribution in [-0.2, 0) is 10.8 Å². The van der Waals surface area contributed by atoms with Gasteiger partial charge >= 0.3 is 0 Å². The molecular formula is C44H30O. The second kappa shape index (κ2) is 8.61. The number of para-hydroxylation sites is 1. The van der Waals surface area contributed by atoms with Crippen LogP contribution in [0, 0.1) is 0 Å². The molecule has 0 fully saturated rings. The monoisotopic (exact) mass is 574 g/mol. The molecule has 0 amide bonds. The first kappa shape index (κ1) is 25.0. The number of rotatable bonds is 1. The van der Waals surface area contributed by atoms with Crippen molar-refractivity contribution in [2.24, 2.45) is 0 Å². The molecule has 1 nitrogen and oxygen atoms in total. The standard InChI is InChI=1S/C44H30O/c1-43(2)37-18-7-8-20-40(37)45-41-26-29(22-24-38(41)43)28-21-23-36-33(25-28)31-14-4-6-17-35(31)44(36)34-16-5-3-13-30(34)32-15-9-11-27-12-10-19-39(44)42(27)32/h3-26H,1-2H3. The van der Waals surface area contributed by atoms with E-state index in [1.807, 2.05) is 0 Å². The van der Waals surface area contributed by atoms with Crippen LogP contribution in [0.25, 0.3) is 44.2 Å². The molecule has 10 rings (SSSR count). The Kier molecular flexibility index (Phi) is 4.78. The lowest BCUT2D eigenvalue weighted by Gasteiger charge is -2.40. The molecule has 1 heterocycles. The van der Waals surface area contributed by atoms with Crippen molar-refractivity contribution in [2.45, 2.75) is 24.7 Å². The van der Waals surface area contributed by atoms with Gasteiger partial charge < -0.3 is 4.74 Å². The summed E-state index contributed by atoms with van der Waals surface area (Å²) in [5.41, 5.74) is 15.0. The van der Waals surface area contributed by atoms with Crippen molar-refractivity contribution >= 4 is 10.8 Å². The summed E-state index contributed by atoms with van der Waals surface area (Å²) in [5.74, 6) is 1.89. The molecule has 1 atom stereocenters. The maximum atomic E-state index is 6.52. The zero-order valence-electron chi connectivity index (χ0n) is 25.3. The first-order valence-electron chi connectivity index (χ1n) is 15.9. The van der Waals surface area contributed by atoms with Crippen molar-refractivity contribution in [1.29, 1.82) is 0 Å². The highest BCUT2D eigenvalue weighted by Gasteiger charge is 2.50. The Morgan fingerprint density at radius 3 is 1.71 bits per heavy atom. The normalized spacial score (nSPS) is 17.6. The second-order valence-electron chi connectivity index (χ2n) is 13.2. The summed E-state index contributed by atoms with van der Waals surface area (Å²) >= 11 is 0. The number of fused-ring (bicyclic) bond motifs is 11. The van der Waals surface area contributed by atoms with Gasteiger partial charge in [0.25, 0.3) is 0 Å². The minimum atomic E-state index is -0.387. The lowest BCUT2D eigenvalue weighted by molar-refractivity contribution is 0.418. The average Bonchev–Trinajstić information content (AvgIpc) is 3.37.